The normalized spacial score (nSPS) is 14.8. The van der Waals surface area contributed by atoms with Gasteiger partial charge in [0.2, 0.25) is 5.91 Å². The van der Waals surface area contributed by atoms with Gasteiger partial charge in [-0.2, -0.15) is 0 Å². The van der Waals surface area contributed by atoms with E-state index in [2.05, 4.69) is 4.98 Å². The van der Waals surface area contributed by atoms with Gasteiger partial charge in [0.15, 0.2) is 5.76 Å². The molecule has 0 aromatic carbocycles. The molecule has 0 radical (unpaired) electrons. The van der Waals surface area contributed by atoms with Crippen molar-refractivity contribution in [3.05, 3.63) is 54.2 Å². The monoisotopic (exact) mass is 313 g/mol. The van der Waals surface area contributed by atoms with Crippen LogP contribution in [0.5, 0.6) is 0 Å². The van der Waals surface area contributed by atoms with Gasteiger partial charge in [-0.3, -0.25) is 14.6 Å². The number of aryl methyl sites for hydroxylation is 1. The van der Waals surface area contributed by atoms with Crippen molar-refractivity contribution >= 4 is 11.8 Å². The standard InChI is InChI=1S/C17H19N3O3/c21-16(4-3-14-5-7-18-8-6-14)19-9-11-20(12-10-19)17(22)15-2-1-13-23-15/h1-2,5-8,13H,3-4,9-12H2. The number of carbonyl (C=O) groups is 2. The number of nitrogens with zero attached hydrogens (tertiary/aromatic N) is 3. The van der Waals surface area contributed by atoms with Gasteiger partial charge < -0.3 is 14.2 Å². The molecule has 2 aromatic heterocycles. The average molecular weight is 313 g/mol. The highest BCUT2D eigenvalue weighted by Gasteiger charge is 2.25. The van der Waals surface area contributed by atoms with Crippen molar-refractivity contribution in [1.82, 2.24) is 14.8 Å². The molecule has 0 N–H and O–H groups in total. The van der Waals surface area contributed by atoms with Crippen molar-refractivity contribution in [1.29, 1.82) is 0 Å². The van der Waals surface area contributed by atoms with Crippen LogP contribution in [0.3, 0.4) is 0 Å². The van der Waals surface area contributed by atoms with Gasteiger partial charge in [-0.1, -0.05) is 0 Å². The van der Waals surface area contributed by atoms with Crippen LogP contribution in [0.1, 0.15) is 22.5 Å². The van der Waals surface area contributed by atoms with E-state index in [1.807, 2.05) is 17.0 Å². The molecule has 6 nitrogen and oxygen atoms in total. The number of aromatic nitrogens is 1. The van der Waals surface area contributed by atoms with Crippen LogP contribution in [0, 0.1) is 0 Å². The summed E-state index contributed by atoms with van der Waals surface area (Å²) in [5.74, 6) is 0.369. The largest absolute Gasteiger partial charge is 0.459 e. The Morgan fingerprint density at radius 2 is 1.74 bits per heavy atom. The van der Waals surface area contributed by atoms with Crippen LogP contribution in [0.4, 0.5) is 0 Å². The lowest BCUT2D eigenvalue weighted by molar-refractivity contribution is -0.132. The van der Waals surface area contributed by atoms with E-state index in [0.717, 1.165) is 5.56 Å². The molecule has 0 bridgehead atoms. The Labute approximate surface area is 134 Å². The molecule has 120 valence electrons. The Morgan fingerprint density at radius 3 is 2.39 bits per heavy atom. The minimum absolute atomic E-state index is 0.112. The molecule has 2 aromatic rings. The number of carbonyl (C=O) groups excluding carboxylic acids is 2. The molecule has 1 fully saturated rings. The molecular weight excluding hydrogens is 294 g/mol. The highest BCUT2D eigenvalue weighted by Crippen LogP contribution is 2.11. The van der Waals surface area contributed by atoms with Crippen LogP contribution in [0.2, 0.25) is 0 Å². The van der Waals surface area contributed by atoms with Gasteiger partial charge in [-0.25, -0.2) is 0 Å². The Balaban J connectivity index is 1.47. The van der Waals surface area contributed by atoms with E-state index < -0.39 is 0 Å². The van der Waals surface area contributed by atoms with E-state index in [0.29, 0.717) is 44.8 Å². The minimum Gasteiger partial charge on any atom is -0.459 e. The highest BCUT2D eigenvalue weighted by atomic mass is 16.3. The predicted octanol–water partition coefficient (Wildman–Crippen LogP) is 1.59. The smallest absolute Gasteiger partial charge is 0.289 e. The molecule has 6 heteroatoms. The van der Waals surface area contributed by atoms with Gasteiger partial charge in [0.1, 0.15) is 0 Å². The van der Waals surface area contributed by atoms with E-state index in [1.54, 1.807) is 29.4 Å². The van der Waals surface area contributed by atoms with Crippen LogP contribution < -0.4 is 0 Å². The van der Waals surface area contributed by atoms with Gasteiger partial charge in [0.25, 0.3) is 5.91 Å². The summed E-state index contributed by atoms with van der Waals surface area (Å²) >= 11 is 0. The van der Waals surface area contributed by atoms with Crippen molar-refractivity contribution in [2.24, 2.45) is 0 Å². The molecule has 2 amide bonds. The third-order valence-corrected chi connectivity index (χ3v) is 4.03. The lowest BCUT2D eigenvalue weighted by Gasteiger charge is -2.34. The quantitative estimate of drug-likeness (QED) is 0.860. The van der Waals surface area contributed by atoms with Crippen molar-refractivity contribution < 1.29 is 14.0 Å². The van der Waals surface area contributed by atoms with Crippen molar-refractivity contribution in [2.45, 2.75) is 12.8 Å². The fraction of sp³-hybridized carbons (Fsp3) is 0.353. The van der Waals surface area contributed by atoms with E-state index in [9.17, 15) is 9.59 Å². The van der Waals surface area contributed by atoms with E-state index in [-0.39, 0.29) is 11.8 Å². The van der Waals surface area contributed by atoms with Crippen LogP contribution in [-0.2, 0) is 11.2 Å². The fourth-order valence-corrected chi connectivity index (χ4v) is 2.67. The van der Waals surface area contributed by atoms with E-state index in [4.69, 9.17) is 4.42 Å². The Bertz CT molecular complexity index is 647. The maximum atomic E-state index is 12.3. The molecule has 0 saturated carbocycles. The fourth-order valence-electron chi connectivity index (χ4n) is 2.67. The number of piperazine rings is 1. The summed E-state index contributed by atoms with van der Waals surface area (Å²) in [6.45, 7) is 2.23. The number of furan rings is 1. The molecule has 0 unspecified atom stereocenters. The first-order valence-corrected chi connectivity index (χ1v) is 7.73. The zero-order chi connectivity index (χ0) is 16.1. The minimum atomic E-state index is -0.112. The second kappa shape index (κ2) is 7.09. The van der Waals surface area contributed by atoms with Crippen LogP contribution in [0.25, 0.3) is 0 Å². The lowest BCUT2D eigenvalue weighted by Crippen LogP contribution is -2.50. The molecule has 1 aliphatic rings. The Hall–Kier alpha value is -2.63. The SMILES string of the molecule is O=C(CCc1ccncc1)N1CCN(C(=O)c2ccco2)CC1. The van der Waals surface area contributed by atoms with Crippen LogP contribution in [-0.4, -0.2) is 52.8 Å². The van der Waals surface area contributed by atoms with Crippen molar-refractivity contribution in [3.8, 4) is 0 Å². The molecule has 1 saturated heterocycles. The molecule has 3 rings (SSSR count). The summed E-state index contributed by atoms with van der Waals surface area (Å²) in [7, 11) is 0. The lowest BCUT2D eigenvalue weighted by atomic mass is 10.1. The van der Waals surface area contributed by atoms with E-state index >= 15 is 0 Å². The number of pyridine rings is 1. The first-order chi connectivity index (χ1) is 11.2. The molecule has 0 spiro atoms. The second-order valence-corrected chi connectivity index (χ2v) is 5.51. The molecule has 0 aliphatic carbocycles. The molecule has 3 heterocycles. The van der Waals surface area contributed by atoms with Gasteiger partial charge in [-0.15, -0.1) is 0 Å². The van der Waals surface area contributed by atoms with Crippen molar-refractivity contribution in [3.63, 3.8) is 0 Å². The summed E-state index contributed by atoms with van der Waals surface area (Å²) in [4.78, 5) is 32.0. The van der Waals surface area contributed by atoms with Gasteiger partial charge in [0.05, 0.1) is 6.26 Å². The van der Waals surface area contributed by atoms with Crippen LogP contribution >= 0.6 is 0 Å². The Morgan fingerprint density at radius 1 is 1.04 bits per heavy atom. The molecule has 0 atom stereocenters. The number of rotatable bonds is 4. The third-order valence-electron chi connectivity index (χ3n) is 4.03. The maximum absolute atomic E-state index is 12.3. The highest BCUT2D eigenvalue weighted by molar-refractivity contribution is 5.91. The van der Waals surface area contributed by atoms with Crippen LogP contribution in [0.15, 0.2) is 47.3 Å². The summed E-state index contributed by atoms with van der Waals surface area (Å²) in [6, 6.07) is 7.21. The first kappa shape index (κ1) is 15.3. The predicted molar refractivity (Wildman–Crippen MR) is 83.7 cm³/mol. The molecule has 1 aliphatic heterocycles. The number of amides is 2. The average Bonchev–Trinajstić information content (AvgIpc) is 3.15. The van der Waals surface area contributed by atoms with E-state index in [1.165, 1.54) is 6.26 Å². The molecular formula is C17H19N3O3. The van der Waals surface area contributed by atoms with Gasteiger partial charge >= 0.3 is 0 Å². The Kier molecular flexibility index (Phi) is 4.71. The zero-order valence-electron chi connectivity index (χ0n) is 12.9. The summed E-state index contributed by atoms with van der Waals surface area (Å²) in [6.07, 6.45) is 6.16. The number of hydrogen-bond donors (Lipinski definition) is 0. The van der Waals surface area contributed by atoms with Crippen molar-refractivity contribution in [2.75, 3.05) is 26.2 Å². The number of hydrogen-bond acceptors (Lipinski definition) is 4. The first-order valence-electron chi connectivity index (χ1n) is 7.73. The van der Waals surface area contributed by atoms with Gasteiger partial charge in [0, 0.05) is 45.0 Å². The van der Waals surface area contributed by atoms with Gasteiger partial charge in [-0.05, 0) is 36.2 Å². The second-order valence-electron chi connectivity index (χ2n) is 5.51. The zero-order valence-corrected chi connectivity index (χ0v) is 12.9. The summed E-state index contributed by atoms with van der Waals surface area (Å²) in [5.41, 5.74) is 1.11. The molecule has 23 heavy (non-hydrogen) atoms. The maximum Gasteiger partial charge on any atom is 0.289 e. The summed E-state index contributed by atoms with van der Waals surface area (Å²) < 4.78 is 5.13. The third kappa shape index (κ3) is 3.77. The summed E-state index contributed by atoms with van der Waals surface area (Å²) in [5, 5.41) is 0. The topological polar surface area (TPSA) is 66.7 Å².